The van der Waals surface area contributed by atoms with Gasteiger partial charge in [-0.15, -0.1) is 0 Å². The van der Waals surface area contributed by atoms with Crippen LogP contribution in [0, 0.1) is 0 Å². The summed E-state index contributed by atoms with van der Waals surface area (Å²) in [4.78, 5) is 28.6. The molecular weight excluding hydrogens is 358 g/mol. The predicted octanol–water partition coefficient (Wildman–Crippen LogP) is 3.51. The molecule has 2 aromatic heterocycles. The predicted molar refractivity (Wildman–Crippen MR) is 97.5 cm³/mol. The molecule has 0 spiro atoms. The Labute approximate surface area is 154 Å². The molecule has 0 aliphatic heterocycles. The molecule has 0 unspecified atom stereocenters. The second-order valence-electron chi connectivity index (χ2n) is 5.48. The van der Waals surface area contributed by atoms with Gasteiger partial charge in [-0.3, -0.25) is 9.20 Å². The van der Waals surface area contributed by atoms with Crippen molar-refractivity contribution in [1.82, 2.24) is 9.38 Å². The normalized spacial score (nSPS) is 10.7. The third kappa shape index (κ3) is 3.09. The number of pyridine rings is 1. The number of carboxylic acid groups (broad SMARTS) is 1. The molecule has 8 heteroatoms. The maximum Gasteiger partial charge on any atom is 0.339 e. The van der Waals surface area contributed by atoms with Gasteiger partial charge in [-0.2, -0.15) is 0 Å². The third-order valence-corrected chi connectivity index (χ3v) is 4.23. The van der Waals surface area contributed by atoms with Gasteiger partial charge in [0.25, 0.3) is 5.91 Å². The second kappa shape index (κ2) is 7.05. The highest BCUT2D eigenvalue weighted by atomic mass is 35.5. The van der Waals surface area contributed by atoms with Crippen LogP contribution < -0.4 is 10.1 Å². The molecule has 0 radical (unpaired) electrons. The number of anilines is 1. The van der Waals surface area contributed by atoms with Gasteiger partial charge >= 0.3 is 5.97 Å². The number of aromatic nitrogens is 2. The summed E-state index contributed by atoms with van der Waals surface area (Å²) in [5, 5.41) is 12.0. The molecule has 0 fully saturated rings. The highest BCUT2D eigenvalue weighted by Crippen LogP contribution is 2.31. The monoisotopic (exact) mass is 373 g/mol. The summed E-state index contributed by atoms with van der Waals surface area (Å²) in [6.45, 7) is 1.91. The summed E-state index contributed by atoms with van der Waals surface area (Å²) in [7, 11) is 1.35. The number of benzene rings is 1. The lowest BCUT2D eigenvalue weighted by atomic mass is 10.1. The van der Waals surface area contributed by atoms with E-state index >= 15 is 0 Å². The molecule has 0 aliphatic carbocycles. The Morgan fingerprint density at radius 2 is 2.12 bits per heavy atom. The maximum absolute atomic E-state index is 12.9. The van der Waals surface area contributed by atoms with Gasteiger partial charge in [-0.25, -0.2) is 9.78 Å². The molecule has 134 valence electrons. The number of imidazole rings is 1. The van der Waals surface area contributed by atoms with Crippen LogP contribution in [0.1, 0.15) is 33.5 Å². The number of amides is 1. The summed E-state index contributed by atoms with van der Waals surface area (Å²) >= 11 is 6.14. The smallest absolute Gasteiger partial charge is 0.339 e. The largest absolute Gasteiger partial charge is 0.496 e. The average molecular weight is 374 g/mol. The minimum Gasteiger partial charge on any atom is -0.496 e. The van der Waals surface area contributed by atoms with Crippen molar-refractivity contribution in [3.8, 4) is 5.75 Å². The SMILES string of the molecule is CCc1nc2ccccn2c1C(=O)Nc1cc(OC)c(C(=O)O)cc1Cl. The highest BCUT2D eigenvalue weighted by molar-refractivity contribution is 6.34. The van der Waals surface area contributed by atoms with E-state index in [1.54, 1.807) is 10.6 Å². The minimum atomic E-state index is -1.17. The number of methoxy groups -OCH3 is 1. The summed E-state index contributed by atoms with van der Waals surface area (Å²) in [5.74, 6) is -1.46. The Kier molecular flexibility index (Phi) is 4.81. The van der Waals surface area contributed by atoms with Gasteiger partial charge in [0, 0.05) is 12.3 Å². The number of hydrogen-bond acceptors (Lipinski definition) is 4. The summed E-state index contributed by atoms with van der Waals surface area (Å²) < 4.78 is 6.78. The number of nitrogens with zero attached hydrogens (tertiary/aromatic N) is 2. The number of ether oxygens (including phenoxy) is 1. The average Bonchev–Trinajstić information content (AvgIpc) is 3.01. The lowest BCUT2D eigenvalue weighted by Crippen LogP contribution is -2.17. The van der Waals surface area contributed by atoms with Crippen LogP contribution in [0.25, 0.3) is 5.65 Å². The first-order valence-corrected chi connectivity index (χ1v) is 8.22. The van der Waals surface area contributed by atoms with Crippen molar-refractivity contribution < 1.29 is 19.4 Å². The van der Waals surface area contributed by atoms with Gasteiger partial charge in [-0.1, -0.05) is 24.6 Å². The Bertz CT molecular complexity index is 1010. The Hall–Kier alpha value is -3.06. The molecule has 26 heavy (non-hydrogen) atoms. The van der Waals surface area contributed by atoms with Crippen molar-refractivity contribution in [2.75, 3.05) is 12.4 Å². The van der Waals surface area contributed by atoms with Gasteiger partial charge in [0.2, 0.25) is 0 Å². The zero-order valence-electron chi connectivity index (χ0n) is 14.1. The van der Waals surface area contributed by atoms with Crippen molar-refractivity contribution in [3.63, 3.8) is 0 Å². The molecule has 0 saturated heterocycles. The molecule has 0 atom stereocenters. The quantitative estimate of drug-likeness (QED) is 0.713. The van der Waals surface area contributed by atoms with Gasteiger partial charge < -0.3 is 15.2 Å². The van der Waals surface area contributed by atoms with E-state index in [4.69, 9.17) is 16.3 Å². The fraction of sp³-hybridized carbons (Fsp3) is 0.167. The second-order valence-corrected chi connectivity index (χ2v) is 5.89. The van der Waals surface area contributed by atoms with Crippen LogP contribution in [0.5, 0.6) is 5.75 Å². The van der Waals surface area contributed by atoms with Crippen LogP contribution in [0.2, 0.25) is 5.02 Å². The van der Waals surface area contributed by atoms with E-state index in [1.807, 2.05) is 25.1 Å². The maximum atomic E-state index is 12.9. The molecule has 7 nitrogen and oxygen atoms in total. The van der Waals surface area contributed by atoms with E-state index in [-0.39, 0.29) is 22.0 Å². The fourth-order valence-corrected chi connectivity index (χ4v) is 2.91. The highest BCUT2D eigenvalue weighted by Gasteiger charge is 2.21. The number of nitrogens with one attached hydrogen (secondary N) is 1. The number of carboxylic acids is 1. The van der Waals surface area contributed by atoms with Crippen molar-refractivity contribution in [3.05, 3.63) is 58.5 Å². The van der Waals surface area contributed by atoms with Gasteiger partial charge in [0.1, 0.15) is 22.7 Å². The van der Waals surface area contributed by atoms with Crippen molar-refractivity contribution in [2.45, 2.75) is 13.3 Å². The van der Waals surface area contributed by atoms with Crippen LogP contribution in [-0.2, 0) is 6.42 Å². The zero-order chi connectivity index (χ0) is 18.8. The van der Waals surface area contributed by atoms with Crippen LogP contribution in [-0.4, -0.2) is 33.5 Å². The molecule has 2 N–H and O–H groups in total. The topological polar surface area (TPSA) is 92.9 Å². The molecule has 1 amide bonds. The summed E-state index contributed by atoms with van der Waals surface area (Å²) in [5.41, 5.74) is 1.89. The van der Waals surface area contributed by atoms with Crippen LogP contribution in [0.3, 0.4) is 0 Å². The first kappa shape index (κ1) is 17.8. The first-order chi connectivity index (χ1) is 12.5. The molecule has 2 heterocycles. The molecule has 3 rings (SSSR count). The Balaban J connectivity index is 2.02. The van der Waals surface area contributed by atoms with E-state index in [0.29, 0.717) is 23.5 Å². The number of aromatic carboxylic acids is 1. The molecule has 0 aliphatic rings. The number of carbonyl (C=O) groups is 2. The number of rotatable bonds is 5. The summed E-state index contributed by atoms with van der Waals surface area (Å²) in [6, 6.07) is 8.10. The van der Waals surface area contributed by atoms with E-state index in [2.05, 4.69) is 10.3 Å². The van der Waals surface area contributed by atoms with E-state index in [0.717, 1.165) is 0 Å². The van der Waals surface area contributed by atoms with E-state index < -0.39 is 11.9 Å². The molecule has 0 bridgehead atoms. The minimum absolute atomic E-state index is 0.0838. The Morgan fingerprint density at radius 1 is 1.35 bits per heavy atom. The lowest BCUT2D eigenvalue weighted by Gasteiger charge is -2.12. The number of carbonyl (C=O) groups excluding carboxylic acids is 1. The number of halogens is 1. The van der Waals surface area contributed by atoms with Crippen molar-refractivity contribution in [2.24, 2.45) is 0 Å². The Morgan fingerprint density at radius 3 is 2.77 bits per heavy atom. The van der Waals surface area contributed by atoms with Gasteiger partial charge in [0.15, 0.2) is 0 Å². The standard InChI is InChI=1S/C18H16ClN3O4/c1-3-12-16(22-7-5-4-6-15(22)20-12)17(23)21-13-9-14(26-2)10(18(24)25)8-11(13)19/h4-9H,3H2,1-2H3,(H,21,23)(H,24,25). The van der Waals surface area contributed by atoms with E-state index in [1.165, 1.54) is 19.2 Å². The molecule has 0 saturated carbocycles. The van der Waals surface area contributed by atoms with Crippen molar-refractivity contribution >= 4 is 34.8 Å². The number of hydrogen-bond donors (Lipinski definition) is 2. The van der Waals surface area contributed by atoms with Gasteiger partial charge in [-0.05, 0) is 24.6 Å². The van der Waals surface area contributed by atoms with Crippen LogP contribution in [0.4, 0.5) is 5.69 Å². The van der Waals surface area contributed by atoms with Crippen molar-refractivity contribution in [1.29, 1.82) is 0 Å². The first-order valence-electron chi connectivity index (χ1n) is 7.84. The molecular formula is C18H16ClN3O4. The van der Waals surface area contributed by atoms with Crippen LogP contribution >= 0.6 is 11.6 Å². The molecule has 3 aromatic rings. The zero-order valence-corrected chi connectivity index (χ0v) is 14.9. The summed E-state index contributed by atoms with van der Waals surface area (Å²) in [6.07, 6.45) is 2.34. The third-order valence-electron chi connectivity index (χ3n) is 3.92. The lowest BCUT2D eigenvalue weighted by molar-refractivity contribution is 0.0693. The molecule has 1 aromatic carbocycles. The fourth-order valence-electron chi connectivity index (χ4n) is 2.70. The van der Waals surface area contributed by atoms with E-state index in [9.17, 15) is 14.7 Å². The van der Waals surface area contributed by atoms with Gasteiger partial charge in [0.05, 0.1) is 23.5 Å². The number of aryl methyl sites for hydroxylation is 1. The number of fused-ring (bicyclic) bond motifs is 1. The van der Waals surface area contributed by atoms with Crippen LogP contribution in [0.15, 0.2) is 36.5 Å².